The lowest BCUT2D eigenvalue weighted by molar-refractivity contribution is -0.274. The molecule has 0 fully saturated rings. The first-order valence-electron chi connectivity index (χ1n) is 8.54. The number of hydrogen-bond acceptors (Lipinski definition) is 3. The van der Waals surface area contributed by atoms with Crippen LogP contribution in [0.5, 0.6) is 5.75 Å². The van der Waals surface area contributed by atoms with E-state index in [-0.39, 0.29) is 19.5 Å². The molecule has 160 valence electrons. The van der Waals surface area contributed by atoms with E-state index in [1.54, 1.807) is 0 Å². The Labute approximate surface area is 162 Å². The molecule has 29 heavy (non-hydrogen) atoms. The molecule has 10 heteroatoms. The summed E-state index contributed by atoms with van der Waals surface area (Å²) in [6.07, 6.45) is -12.7. The molecule has 0 saturated carbocycles. The molecule has 3 nitrogen and oxygen atoms in total. The fourth-order valence-electron chi connectivity index (χ4n) is 2.67. The molecule has 0 bridgehead atoms. The summed E-state index contributed by atoms with van der Waals surface area (Å²) in [5.41, 5.74) is 0.723. The van der Waals surface area contributed by atoms with Crippen LogP contribution in [0, 0.1) is 5.82 Å². The van der Waals surface area contributed by atoms with Gasteiger partial charge < -0.3 is 14.7 Å². The highest BCUT2D eigenvalue weighted by Gasteiger charge is 2.37. The molecule has 0 aliphatic heterocycles. The zero-order chi connectivity index (χ0) is 21.7. The van der Waals surface area contributed by atoms with Gasteiger partial charge in [-0.1, -0.05) is 18.2 Å². The zero-order valence-electron chi connectivity index (χ0n) is 15.0. The molecule has 0 heterocycles. The Bertz CT molecular complexity index is 793. The molecule has 1 unspecified atom stereocenters. The largest absolute Gasteiger partial charge is 0.573 e. The SMILES string of the molecule is OC(CCCN(Cc1cccc(OC(F)(F)F)c1)c1cccc(F)c1)C(F)(F)F. The molecular formula is C19H18F7NO2. The third-order valence-electron chi connectivity index (χ3n) is 3.96. The van der Waals surface area contributed by atoms with Crippen LogP contribution in [0.3, 0.4) is 0 Å². The minimum atomic E-state index is -4.87. The van der Waals surface area contributed by atoms with Crippen LogP contribution in [0.2, 0.25) is 0 Å². The van der Waals surface area contributed by atoms with Crippen molar-refractivity contribution in [2.24, 2.45) is 0 Å². The lowest BCUT2D eigenvalue weighted by Gasteiger charge is -2.26. The Hall–Kier alpha value is -2.49. The molecule has 0 amide bonds. The molecule has 0 aliphatic rings. The molecule has 2 rings (SSSR count). The van der Waals surface area contributed by atoms with E-state index in [1.807, 2.05) is 0 Å². The van der Waals surface area contributed by atoms with Crippen LogP contribution in [0.4, 0.5) is 36.4 Å². The molecule has 0 radical (unpaired) electrons. The third kappa shape index (κ3) is 7.80. The topological polar surface area (TPSA) is 32.7 Å². The smallest absolute Gasteiger partial charge is 0.406 e. The van der Waals surface area contributed by atoms with Crippen molar-refractivity contribution in [3.63, 3.8) is 0 Å². The predicted octanol–water partition coefficient (Wildman–Crippen LogP) is 5.43. The van der Waals surface area contributed by atoms with Gasteiger partial charge in [0.05, 0.1) is 0 Å². The van der Waals surface area contributed by atoms with E-state index in [0.717, 1.165) is 18.2 Å². The van der Waals surface area contributed by atoms with E-state index in [9.17, 15) is 30.7 Å². The van der Waals surface area contributed by atoms with E-state index in [1.165, 1.54) is 35.2 Å². The van der Waals surface area contributed by atoms with Gasteiger partial charge in [0.1, 0.15) is 17.7 Å². The van der Waals surface area contributed by atoms with E-state index < -0.39 is 36.6 Å². The van der Waals surface area contributed by atoms with Gasteiger partial charge in [0.2, 0.25) is 0 Å². The van der Waals surface area contributed by atoms with Gasteiger partial charge in [-0.25, -0.2) is 4.39 Å². The van der Waals surface area contributed by atoms with Gasteiger partial charge in [-0.15, -0.1) is 13.2 Å². The second-order valence-electron chi connectivity index (χ2n) is 6.30. The van der Waals surface area contributed by atoms with Crippen molar-refractivity contribution in [1.82, 2.24) is 0 Å². The fraction of sp³-hybridized carbons (Fsp3) is 0.368. The predicted molar refractivity (Wildman–Crippen MR) is 91.9 cm³/mol. The summed E-state index contributed by atoms with van der Waals surface area (Å²) in [6, 6.07) is 10.4. The van der Waals surface area contributed by atoms with Gasteiger partial charge >= 0.3 is 12.5 Å². The average Bonchev–Trinajstić information content (AvgIpc) is 2.58. The highest BCUT2D eigenvalue weighted by molar-refractivity contribution is 5.47. The van der Waals surface area contributed by atoms with Crippen molar-refractivity contribution in [2.75, 3.05) is 11.4 Å². The van der Waals surface area contributed by atoms with Crippen LogP contribution in [0.1, 0.15) is 18.4 Å². The van der Waals surface area contributed by atoms with Crippen LogP contribution in [-0.4, -0.2) is 30.3 Å². The number of anilines is 1. The number of aliphatic hydroxyl groups is 1. The van der Waals surface area contributed by atoms with Crippen LogP contribution in [0.15, 0.2) is 48.5 Å². The zero-order valence-corrected chi connectivity index (χ0v) is 15.0. The normalized spacial score (nSPS) is 13.2. The van der Waals surface area contributed by atoms with Crippen molar-refractivity contribution in [1.29, 1.82) is 0 Å². The van der Waals surface area contributed by atoms with Gasteiger partial charge in [0.15, 0.2) is 0 Å². The van der Waals surface area contributed by atoms with E-state index >= 15 is 0 Å². The molecular weight excluding hydrogens is 407 g/mol. The van der Waals surface area contributed by atoms with E-state index in [0.29, 0.717) is 11.3 Å². The monoisotopic (exact) mass is 425 g/mol. The second-order valence-corrected chi connectivity index (χ2v) is 6.30. The summed E-state index contributed by atoms with van der Waals surface area (Å²) in [5, 5.41) is 9.12. The van der Waals surface area contributed by atoms with Gasteiger partial charge in [-0.05, 0) is 48.7 Å². The summed E-state index contributed by atoms with van der Waals surface area (Å²) in [5.74, 6) is -1.02. The standard InChI is InChI=1S/C19H18F7NO2/c20-14-5-2-6-15(11-14)27(9-3-8-17(28)18(21,22)23)12-13-4-1-7-16(10-13)29-19(24,25)26/h1-2,4-7,10-11,17,28H,3,8-9,12H2. The molecule has 0 spiro atoms. The highest BCUT2D eigenvalue weighted by Crippen LogP contribution is 2.27. The van der Waals surface area contributed by atoms with Gasteiger partial charge in [0.25, 0.3) is 0 Å². The lowest BCUT2D eigenvalue weighted by atomic mass is 10.1. The third-order valence-corrected chi connectivity index (χ3v) is 3.96. The molecule has 1 atom stereocenters. The van der Waals surface area contributed by atoms with Crippen LogP contribution in [-0.2, 0) is 6.54 Å². The summed E-state index contributed by atoms with van der Waals surface area (Å²) in [4.78, 5) is 1.51. The molecule has 2 aromatic carbocycles. The van der Waals surface area contributed by atoms with E-state index in [4.69, 9.17) is 5.11 Å². The second kappa shape index (κ2) is 9.34. The van der Waals surface area contributed by atoms with Gasteiger partial charge in [-0.3, -0.25) is 0 Å². The minimum Gasteiger partial charge on any atom is -0.406 e. The molecule has 1 N–H and O–H groups in total. The van der Waals surface area contributed by atoms with Crippen LogP contribution in [0.25, 0.3) is 0 Å². The number of ether oxygens (including phenoxy) is 1. The van der Waals surface area contributed by atoms with Gasteiger partial charge in [0, 0.05) is 18.8 Å². The number of nitrogens with zero attached hydrogens (tertiary/aromatic N) is 1. The summed E-state index contributed by atoms with van der Waals surface area (Å²) >= 11 is 0. The number of aliphatic hydroxyl groups excluding tert-OH is 1. The minimum absolute atomic E-state index is 0.000619. The van der Waals surface area contributed by atoms with Gasteiger partial charge in [-0.2, -0.15) is 13.2 Å². The Morgan fingerprint density at radius 1 is 0.966 bits per heavy atom. The maximum absolute atomic E-state index is 13.6. The molecule has 2 aromatic rings. The number of alkyl halides is 6. The lowest BCUT2D eigenvalue weighted by Crippen LogP contribution is -2.30. The van der Waals surface area contributed by atoms with Crippen molar-refractivity contribution in [3.8, 4) is 5.75 Å². The maximum atomic E-state index is 13.6. The average molecular weight is 425 g/mol. The van der Waals surface area contributed by atoms with E-state index in [2.05, 4.69) is 4.74 Å². The Balaban J connectivity index is 2.15. The van der Waals surface area contributed by atoms with Crippen LogP contribution < -0.4 is 9.64 Å². The maximum Gasteiger partial charge on any atom is 0.573 e. The Kier molecular flexibility index (Phi) is 7.34. The Morgan fingerprint density at radius 3 is 2.28 bits per heavy atom. The first-order chi connectivity index (χ1) is 13.4. The highest BCUT2D eigenvalue weighted by atomic mass is 19.4. The van der Waals surface area contributed by atoms with Crippen molar-refractivity contribution in [3.05, 3.63) is 59.9 Å². The summed E-state index contributed by atoms with van der Waals surface area (Å²) < 4.78 is 92.0. The number of rotatable bonds is 8. The number of benzene rings is 2. The first kappa shape index (κ1) is 22.8. The van der Waals surface area contributed by atoms with Crippen molar-refractivity contribution < 1.29 is 40.6 Å². The first-order valence-corrected chi connectivity index (χ1v) is 8.54. The number of halogens is 7. The fourth-order valence-corrected chi connectivity index (χ4v) is 2.67. The molecule has 0 saturated heterocycles. The molecule has 0 aromatic heterocycles. The summed E-state index contributed by atoms with van der Waals surface area (Å²) in [6.45, 7) is 0.0154. The quantitative estimate of drug-likeness (QED) is 0.573. The van der Waals surface area contributed by atoms with Crippen molar-refractivity contribution >= 4 is 5.69 Å². The Morgan fingerprint density at radius 2 is 1.66 bits per heavy atom. The van der Waals surface area contributed by atoms with Crippen LogP contribution >= 0.6 is 0 Å². The molecule has 0 aliphatic carbocycles. The number of hydrogen-bond donors (Lipinski definition) is 1. The summed E-state index contributed by atoms with van der Waals surface area (Å²) in [7, 11) is 0. The van der Waals surface area contributed by atoms with Crippen molar-refractivity contribution in [2.45, 2.75) is 38.0 Å².